The predicted octanol–water partition coefficient (Wildman–Crippen LogP) is 0.757. The van der Waals surface area contributed by atoms with Gasteiger partial charge in [-0.3, -0.25) is 0 Å². The molecule has 1 heterocycles. The van der Waals surface area contributed by atoms with Gasteiger partial charge in [0.05, 0.1) is 0 Å². The van der Waals surface area contributed by atoms with E-state index >= 15 is 0 Å². The van der Waals surface area contributed by atoms with Gasteiger partial charge in [-0.25, -0.2) is 0 Å². The Labute approximate surface area is 68.0 Å². The summed E-state index contributed by atoms with van der Waals surface area (Å²) in [5, 5.41) is 12.5. The van der Waals surface area contributed by atoms with Gasteiger partial charge in [0.2, 0.25) is 0 Å². The Morgan fingerprint density at radius 1 is 1.27 bits per heavy atom. The Kier molecular flexibility index (Phi) is 2.14. The van der Waals surface area contributed by atoms with Crippen molar-refractivity contribution in [2.75, 3.05) is 13.2 Å². The molecule has 2 heteroatoms. The van der Waals surface area contributed by atoms with Gasteiger partial charge in [-0.1, -0.05) is 12.8 Å². The van der Waals surface area contributed by atoms with Crippen LogP contribution in [-0.2, 0) is 0 Å². The maximum atomic E-state index is 9.03. The largest absolute Gasteiger partial charge is 0.396 e. The van der Waals surface area contributed by atoms with Gasteiger partial charge in [0.1, 0.15) is 0 Å². The van der Waals surface area contributed by atoms with Crippen LogP contribution in [0.25, 0.3) is 0 Å². The van der Waals surface area contributed by atoms with Crippen LogP contribution in [0.2, 0.25) is 0 Å². The van der Waals surface area contributed by atoms with Crippen LogP contribution >= 0.6 is 0 Å². The fraction of sp³-hybridized carbons (Fsp3) is 1.00. The third-order valence-electron chi connectivity index (χ3n) is 3.01. The molecule has 1 saturated heterocycles. The molecule has 0 bridgehead atoms. The molecule has 2 N–H and O–H groups in total. The molecule has 1 saturated carbocycles. The van der Waals surface area contributed by atoms with Crippen molar-refractivity contribution < 1.29 is 5.11 Å². The number of hydrogen-bond donors (Lipinski definition) is 2. The minimum Gasteiger partial charge on any atom is -0.396 e. The lowest BCUT2D eigenvalue weighted by Gasteiger charge is -2.16. The van der Waals surface area contributed by atoms with Crippen LogP contribution in [0.1, 0.15) is 25.7 Å². The molecule has 2 atom stereocenters. The van der Waals surface area contributed by atoms with Gasteiger partial charge >= 0.3 is 0 Å². The third kappa shape index (κ3) is 1.74. The lowest BCUT2D eigenvalue weighted by atomic mass is 9.97. The van der Waals surface area contributed by atoms with Gasteiger partial charge in [-0.05, 0) is 31.2 Å². The van der Waals surface area contributed by atoms with Crippen molar-refractivity contribution in [2.45, 2.75) is 31.7 Å². The van der Waals surface area contributed by atoms with Crippen molar-refractivity contribution >= 4 is 0 Å². The fourth-order valence-corrected chi connectivity index (χ4v) is 2.03. The van der Waals surface area contributed by atoms with Crippen LogP contribution < -0.4 is 5.32 Å². The maximum Gasteiger partial charge on any atom is 0.0474 e. The third-order valence-corrected chi connectivity index (χ3v) is 3.01. The van der Waals surface area contributed by atoms with Gasteiger partial charge in [0.25, 0.3) is 0 Å². The highest BCUT2D eigenvalue weighted by Gasteiger charge is 2.32. The first-order valence-corrected chi connectivity index (χ1v) is 4.74. The zero-order chi connectivity index (χ0) is 7.68. The first kappa shape index (κ1) is 7.56. The standard InChI is InChI=1S/C9H17NO/c11-6-8-3-4-10-9(8)5-7-1-2-7/h7-11H,1-6H2. The predicted molar refractivity (Wildman–Crippen MR) is 44.3 cm³/mol. The van der Waals surface area contributed by atoms with Crippen molar-refractivity contribution in [3.05, 3.63) is 0 Å². The fourth-order valence-electron chi connectivity index (χ4n) is 2.03. The number of hydrogen-bond acceptors (Lipinski definition) is 2. The molecule has 0 aromatic carbocycles. The second-order valence-corrected chi connectivity index (χ2v) is 3.97. The van der Waals surface area contributed by atoms with E-state index in [1.807, 2.05) is 0 Å². The van der Waals surface area contributed by atoms with Crippen molar-refractivity contribution in [3.8, 4) is 0 Å². The average Bonchev–Trinajstić information content (AvgIpc) is 2.68. The summed E-state index contributed by atoms with van der Waals surface area (Å²) in [6.07, 6.45) is 5.34. The first-order chi connectivity index (χ1) is 5.40. The second-order valence-electron chi connectivity index (χ2n) is 3.97. The summed E-state index contributed by atoms with van der Waals surface area (Å²) in [6.45, 7) is 1.49. The highest BCUT2D eigenvalue weighted by atomic mass is 16.3. The van der Waals surface area contributed by atoms with E-state index in [0.29, 0.717) is 18.6 Å². The Hall–Kier alpha value is -0.0800. The van der Waals surface area contributed by atoms with Gasteiger partial charge in [-0.2, -0.15) is 0 Å². The smallest absolute Gasteiger partial charge is 0.0474 e. The molecular formula is C9H17NO. The molecule has 0 radical (unpaired) electrons. The Balaban J connectivity index is 1.79. The molecule has 2 rings (SSSR count). The SMILES string of the molecule is OCC1CCNC1CC1CC1. The van der Waals surface area contributed by atoms with Gasteiger partial charge < -0.3 is 10.4 Å². The van der Waals surface area contributed by atoms with E-state index in [1.165, 1.54) is 25.7 Å². The second kappa shape index (κ2) is 3.11. The zero-order valence-corrected chi connectivity index (χ0v) is 6.92. The summed E-state index contributed by atoms with van der Waals surface area (Å²) in [7, 11) is 0. The lowest BCUT2D eigenvalue weighted by molar-refractivity contribution is 0.208. The van der Waals surface area contributed by atoms with Crippen LogP contribution in [0.3, 0.4) is 0 Å². The number of nitrogens with one attached hydrogen (secondary N) is 1. The normalized spacial score (nSPS) is 37.9. The van der Waals surface area contributed by atoms with E-state index in [-0.39, 0.29) is 0 Å². The molecule has 2 aliphatic rings. The summed E-state index contributed by atoms with van der Waals surface area (Å²) in [5.41, 5.74) is 0. The minimum atomic E-state index is 0.379. The van der Waals surface area contributed by atoms with Crippen molar-refractivity contribution in [1.29, 1.82) is 0 Å². The highest BCUT2D eigenvalue weighted by molar-refractivity contribution is 4.88. The molecule has 0 aromatic heterocycles. The van der Waals surface area contributed by atoms with Crippen LogP contribution in [0.5, 0.6) is 0 Å². The molecule has 1 aliphatic carbocycles. The van der Waals surface area contributed by atoms with Gasteiger partial charge in [0.15, 0.2) is 0 Å². The Bertz CT molecular complexity index is 134. The van der Waals surface area contributed by atoms with E-state index in [2.05, 4.69) is 5.32 Å². The first-order valence-electron chi connectivity index (χ1n) is 4.74. The molecule has 2 fully saturated rings. The molecule has 2 unspecified atom stereocenters. The van der Waals surface area contributed by atoms with E-state index in [0.717, 1.165) is 12.5 Å². The van der Waals surface area contributed by atoms with E-state index < -0.39 is 0 Å². The summed E-state index contributed by atoms with van der Waals surface area (Å²) in [5.74, 6) is 1.54. The summed E-state index contributed by atoms with van der Waals surface area (Å²) >= 11 is 0. The molecule has 1 aliphatic heterocycles. The molecule has 11 heavy (non-hydrogen) atoms. The monoisotopic (exact) mass is 155 g/mol. The lowest BCUT2D eigenvalue weighted by Crippen LogP contribution is -2.29. The zero-order valence-electron chi connectivity index (χ0n) is 6.92. The number of aliphatic hydroxyl groups excluding tert-OH is 1. The van der Waals surface area contributed by atoms with Crippen LogP contribution in [0, 0.1) is 11.8 Å². The molecular weight excluding hydrogens is 138 g/mol. The van der Waals surface area contributed by atoms with Crippen molar-refractivity contribution in [3.63, 3.8) is 0 Å². The molecule has 2 nitrogen and oxygen atoms in total. The Morgan fingerprint density at radius 2 is 2.09 bits per heavy atom. The Morgan fingerprint density at radius 3 is 2.73 bits per heavy atom. The van der Waals surface area contributed by atoms with Crippen LogP contribution in [0.15, 0.2) is 0 Å². The quantitative estimate of drug-likeness (QED) is 0.630. The van der Waals surface area contributed by atoms with Crippen LogP contribution in [0.4, 0.5) is 0 Å². The van der Waals surface area contributed by atoms with Gasteiger partial charge in [0, 0.05) is 12.6 Å². The molecule has 0 spiro atoms. The average molecular weight is 155 g/mol. The summed E-state index contributed by atoms with van der Waals surface area (Å²) in [4.78, 5) is 0. The molecule has 0 aromatic rings. The van der Waals surface area contributed by atoms with Gasteiger partial charge in [-0.15, -0.1) is 0 Å². The van der Waals surface area contributed by atoms with E-state index in [1.54, 1.807) is 0 Å². The molecule has 0 amide bonds. The topological polar surface area (TPSA) is 32.3 Å². The van der Waals surface area contributed by atoms with Crippen molar-refractivity contribution in [2.24, 2.45) is 11.8 Å². The van der Waals surface area contributed by atoms with Crippen LogP contribution in [-0.4, -0.2) is 24.3 Å². The van der Waals surface area contributed by atoms with Crippen molar-refractivity contribution in [1.82, 2.24) is 5.32 Å². The van der Waals surface area contributed by atoms with E-state index in [9.17, 15) is 0 Å². The maximum absolute atomic E-state index is 9.03. The molecule has 64 valence electrons. The van der Waals surface area contributed by atoms with E-state index in [4.69, 9.17) is 5.11 Å². The minimum absolute atomic E-state index is 0.379. The summed E-state index contributed by atoms with van der Waals surface area (Å²) < 4.78 is 0. The number of aliphatic hydroxyl groups is 1. The summed E-state index contributed by atoms with van der Waals surface area (Å²) in [6, 6.07) is 0.632. The number of rotatable bonds is 3. The highest BCUT2D eigenvalue weighted by Crippen LogP contribution is 2.36.